The Bertz CT molecular complexity index is 2350. The summed E-state index contributed by atoms with van der Waals surface area (Å²) in [6, 6.07) is 55.0. The lowest BCUT2D eigenvalue weighted by atomic mass is 9.87. The van der Waals surface area contributed by atoms with E-state index in [0.717, 1.165) is 68.1 Å². The fraction of sp³-hybridized carbons (Fsp3) is 0.167. The van der Waals surface area contributed by atoms with Gasteiger partial charge in [-0.05, 0) is 57.3 Å². The van der Waals surface area contributed by atoms with E-state index >= 15 is 0 Å². The zero-order valence-corrected chi connectivity index (χ0v) is 31.7. The van der Waals surface area contributed by atoms with Gasteiger partial charge >= 0.3 is 0 Å². The van der Waals surface area contributed by atoms with Gasteiger partial charge in [0, 0.05) is 33.6 Å². The highest BCUT2D eigenvalue weighted by atomic mass is 15.3. The topological polar surface area (TPSA) is 61.4 Å². The monoisotopic (exact) mass is 704 g/mol. The molecule has 0 fully saturated rings. The third-order valence-electron chi connectivity index (χ3n) is 10.00. The second-order valence-electron chi connectivity index (χ2n) is 15.8. The quantitative estimate of drug-likeness (QED) is 0.166. The minimum absolute atomic E-state index is 0.0304. The second kappa shape index (κ2) is 13.9. The summed E-state index contributed by atoms with van der Waals surface area (Å²) in [5.74, 6) is 3.07. The van der Waals surface area contributed by atoms with E-state index in [-0.39, 0.29) is 10.8 Å². The Morgan fingerprint density at radius 2 is 0.611 bits per heavy atom. The first-order chi connectivity index (χ1) is 26.1. The third-order valence-corrected chi connectivity index (χ3v) is 10.00. The molecule has 0 radical (unpaired) electrons. The minimum Gasteiger partial charge on any atom is -0.275 e. The highest BCUT2D eigenvalue weighted by Gasteiger charge is 2.25. The van der Waals surface area contributed by atoms with E-state index in [0.29, 0.717) is 0 Å². The van der Waals surface area contributed by atoms with Crippen LogP contribution in [0.1, 0.15) is 52.7 Å². The first kappa shape index (κ1) is 34.7. The number of hydrogen-bond donors (Lipinski definition) is 0. The molecule has 8 aromatic rings. The fourth-order valence-corrected chi connectivity index (χ4v) is 7.00. The largest absolute Gasteiger partial charge is 0.275 e. The van der Waals surface area contributed by atoms with Gasteiger partial charge in [0.1, 0.15) is 0 Å². The van der Waals surface area contributed by atoms with Crippen LogP contribution in [0.15, 0.2) is 158 Å². The predicted octanol–water partition coefficient (Wildman–Crippen LogP) is 11.8. The van der Waals surface area contributed by atoms with Crippen molar-refractivity contribution < 1.29 is 0 Å². The first-order valence-corrected chi connectivity index (χ1v) is 18.5. The van der Waals surface area contributed by atoms with Crippen LogP contribution >= 0.6 is 0 Å². The molecule has 0 aliphatic heterocycles. The molecule has 6 nitrogen and oxygen atoms in total. The Morgan fingerprint density at radius 1 is 0.315 bits per heavy atom. The van der Waals surface area contributed by atoms with Gasteiger partial charge in [0.2, 0.25) is 0 Å². The molecule has 2 heterocycles. The van der Waals surface area contributed by atoms with E-state index in [1.54, 1.807) is 0 Å². The third kappa shape index (κ3) is 6.56. The normalized spacial score (nSPS) is 11.9. The molecule has 0 aliphatic carbocycles. The zero-order chi connectivity index (χ0) is 37.5. The highest BCUT2D eigenvalue weighted by Crippen LogP contribution is 2.41. The van der Waals surface area contributed by atoms with Gasteiger partial charge < -0.3 is 0 Å². The summed E-state index contributed by atoms with van der Waals surface area (Å²) >= 11 is 0. The van der Waals surface area contributed by atoms with Gasteiger partial charge in [0.25, 0.3) is 0 Å². The molecule has 0 unspecified atom stereocenters. The van der Waals surface area contributed by atoms with Crippen molar-refractivity contribution in [3.05, 3.63) is 169 Å². The number of hydrogen-bond acceptors (Lipinski definition) is 4. The first-order valence-electron chi connectivity index (χ1n) is 18.5. The van der Waals surface area contributed by atoms with Gasteiger partial charge in [0.15, 0.2) is 23.3 Å². The van der Waals surface area contributed by atoms with Crippen LogP contribution in [0.3, 0.4) is 0 Å². The number of nitrogens with zero attached hydrogens (tertiary/aromatic N) is 6. The zero-order valence-electron chi connectivity index (χ0n) is 31.7. The fourth-order valence-electron chi connectivity index (χ4n) is 7.00. The molecule has 6 heteroatoms. The summed E-state index contributed by atoms with van der Waals surface area (Å²) in [4.78, 5) is 0. The number of benzene rings is 6. The predicted molar refractivity (Wildman–Crippen MR) is 221 cm³/mol. The summed E-state index contributed by atoms with van der Waals surface area (Å²) < 4.78 is 4.35. The molecule has 0 aliphatic rings. The van der Waals surface area contributed by atoms with E-state index in [2.05, 4.69) is 172 Å². The lowest BCUT2D eigenvalue weighted by Gasteiger charge is -2.20. The van der Waals surface area contributed by atoms with Crippen LogP contribution in [0.4, 0.5) is 0 Å². The Morgan fingerprint density at radius 3 is 0.944 bits per heavy atom. The van der Waals surface area contributed by atoms with Crippen molar-refractivity contribution in [2.75, 3.05) is 0 Å². The standard InChI is InChI=1S/C48H44N6/c1-47(2,3)35-25-29-37(30-26-35)53-43(33-17-9-7-10-18-33)49-51-45(53)41-23-15-13-21-39(41)40-22-14-16-24-42(40)46-52-50-44(34-19-11-8-12-20-34)54(46)38-31-27-36(28-32-38)48(4,5)6/h7-32H,1-6H3. The van der Waals surface area contributed by atoms with Gasteiger partial charge in [-0.1, -0.05) is 175 Å². The molecule has 266 valence electrons. The maximum Gasteiger partial charge on any atom is 0.169 e. The molecule has 0 atom stereocenters. The molecule has 0 bridgehead atoms. The molecule has 0 amide bonds. The summed E-state index contributed by atoms with van der Waals surface area (Å²) in [5, 5.41) is 19.5. The van der Waals surface area contributed by atoms with Crippen molar-refractivity contribution in [2.24, 2.45) is 0 Å². The van der Waals surface area contributed by atoms with Crippen molar-refractivity contribution in [2.45, 2.75) is 52.4 Å². The highest BCUT2D eigenvalue weighted by molar-refractivity contribution is 5.90. The number of rotatable bonds is 7. The molecule has 54 heavy (non-hydrogen) atoms. The van der Waals surface area contributed by atoms with Crippen LogP contribution in [-0.2, 0) is 10.8 Å². The molecule has 8 rings (SSSR count). The van der Waals surface area contributed by atoms with E-state index < -0.39 is 0 Å². The molecule has 0 saturated heterocycles. The van der Waals surface area contributed by atoms with E-state index in [1.165, 1.54) is 11.1 Å². The minimum atomic E-state index is 0.0304. The lowest BCUT2D eigenvalue weighted by Crippen LogP contribution is -2.11. The summed E-state index contributed by atoms with van der Waals surface area (Å²) in [5.41, 5.74) is 10.5. The molecule has 0 saturated carbocycles. The average molecular weight is 705 g/mol. The second-order valence-corrected chi connectivity index (χ2v) is 15.8. The van der Waals surface area contributed by atoms with Crippen LogP contribution in [0.2, 0.25) is 0 Å². The van der Waals surface area contributed by atoms with Crippen molar-refractivity contribution in [1.29, 1.82) is 0 Å². The summed E-state index contributed by atoms with van der Waals surface area (Å²) in [6.07, 6.45) is 0. The Balaban J connectivity index is 1.33. The van der Waals surface area contributed by atoms with E-state index in [9.17, 15) is 0 Å². The number of aromatic nitrogens is 6. The van der Waals surface area contributed by atoms with Crippen LogP contribution in [0.25, 0.3) is 68.1 Å². The Labute approximate surface area is 317 Å². The SMILES string of the molecule is CC(C)(C)c1ccc(-n2c(-c3ccccc3)nnc2-c2ccccc2-c2ccccc2-c2nnc(-c3ccccc3)n2-c2ccc(C(C)(C)C)cc2)cc1. The van der Waals surface area contributed by atoms with Crippen LogP contribution < -0.4 is 0 Å². The maximum atomic E-state index is 4.92. The van der Waals surface area contributed by atoms with Gasteiger partial charge in [-0.3, -0.25) is 9.13 Å². The molecule has 0 N–H and O–H groups in total. The maximum absolute atomic E-state index is 4.92. The van der Waals surface area contributed by atoms with Crippen LogP contribution in [0, 0.1) is 0 Å². The molecular weight excluding hydrogens is 661 g/mol. The van der Waals surface area contributed by atoms with Crippen molar-refractivity contribution >= 4 is 0 Å². The van der Waals surface area contributed by atoms with E-state index in [4.69, 9.17) is 20.4 Å². The van der Waals surface area contributed by atoms with Crippen molar-refractivity contribution in [1.82, 2.24) is 29.5 Å². The van der Waals surface area contributed by atoms with E-state index in [1.807, 2.05) is 36.4 Å². The van der Waals surface area contributed by atoms with Crippen LogP contribution in [0.5, 0.6) is 0 Å². The smallest absolute Gasteiger partial charge is 0.169 e. The van der Waals surface area contributed by atoms with Crippen LogP contribution in [-0.4, -0.2) is 29.5 Å². The molecule has 2 aromatic heterocycles. The Hall–Kier alpha value is -6.40. The molecular formula is C48H44N6. The van der Waals surface area contributed by atoms with Gasteiger partial charge in [-0.25, -0.2) is 0 Å². The summed E-state index contributed by atoms with van der Waals surface area (Å²) in [7, 11) is 0. The Kier molecular flexibility index (Phi) is 8.90. The van der Waals surface area contributed by atoms with Gasteiger partial charge in [0.05, 0.1) is 0 Å². The van der Waals surface area contributed by atoms with Crippen molar-refractivity contribution in [3.8, 4) is 68.1 Å². The lowest BCUT2D eigenvalue weighted by molar-refractivity contribution is 0.590. The average Bonchev–Trinajstić information content (AvgIpc) is 3.84. The molecule has 6 aromatic carbocycles. The van der Waals surface area contributed by atoms with Crippen molar-refractivity contribution in [3.63, 3.8) is 0 Å². The van der Waals surface area contributed by atoms with Gasteiger partial charge in [-0.15, -0.1) is 20.4 Å². The van der Waals surface area contributed by atoms with Gasteiger partial charge in [-0.2, -0.15) is 0 Å². The molecule has 0 spiro atoms. The summed E-state index contributed by atoms with van der Waals surface area (Å²) in [6.45, 7) is 13.4.